The van der Waals surface area contributed by atoms with Crippen molar-refractivity contribution in [2.24, 2.45) is 0 Å². The van der Waals surface area contributed by atoms with Crippen LogP contribution in [-0.2, 0) is 0 Å². The lowest BCUT2D eigenvalue weighted by atomic mass is 9.90. The third kappa shape index (κ3) is 3.72. The average molecular weight is 418 g/mol. The Balaban J connectivity index is 2.02. The molecule has 0 spiro atoms. The van der Waals surface area contributed by atoms with Crippen molar-refractivity contribution in [2.45, 2.75) is 0 Å². The SMILES string of the molecule is CNCNC(=O)c1ccc(-c2c3ccc(=O)cc-3oc3cc(O)ccc23)c(C(=O)O)c1. The number of carbonyl (C=O) groups is 2. The number of amides is 1. The van der Waals surface area contributed by atoms with E-state index in [1.807, 2.05) is 0 Å². The fourth-order valence-corrected chi connectivity index (χ4v) is 3.50. The van der Waals surface area contributed by atoms with Crippen LogP contribution in [0.15, 0.2) is 63.8 Å². The second-order valence-corrected chi connectivity index (χ2v) is 6.92. The van der Waals surface area contributed by atoms with Gasteiger partial charge < -0.3 is 25.3 Å². The lowest BCUT2D eigenvalue weighted by Gasteiger charge is -2.17. The summed E-state index contributed by atoms with van der Waals surface area (Å²) in [6.07, 6.45) is 0. The standard InChI is InChI=1S/C23H18N2O6/c1-24-11-25-22(28)12-2-5-15(18(8-12)23(29)30)21-16-6-3-13(26)9-19(16)31-20-10-14(27)4-7-17(20)21/h2-10,24,26H,11H2,1H3,(H,25,28)(H,29,30). The molecular formula is C23H18N2O6. The van der Waals surface area contributed by atoms with Gasteiger partial charge in [0.1, 0.15) is 17.1 Å². The Hall–Kier alpha value is -4.17. The zero-order chi connectivity index (χ0) is 22.1. The molecule has 4 rings (SSSR count). The molecule has 31 heavy (non-hydrogen) atoms. The summed E-state index contributed by atoms with van der Waals surface area (Å²) in [6, 6.07) is 13.1. The molecule has 0 unspecified atom stereocenters. The molecule has 0 aromatic heterocycles. The minimum absolute atomic E-state index is 0.0326. The third-order valence-corrected chi connectivity index (χ3v) is 4.88. The summed E-state index contributed by atoms with van der Waals surface area (Å²) in [5.74, 6) is -1.40. The molecule has 0 fully saturated rings. The van der Waals surface area contributed by atoms with Crippen molar-refractivity contribution < 1.29 is 24.2 Å². The highest BCUT2D eigenvalue weighted by Crippen LogP contribution is 2.42. The van der Waals surface area contributed by atoms with Gasteiger partial charge >= 0.3 is 5.97 Å². The number of carboxylic acids is 1. The first-order valence-corrected chi connectivity index (χ1v) is 9.39. The van der Waals surface area contributed by atoms with Crippen molar-refractivity contribution in [2.75, 3.05) is 13.7 Å². The van der Waals surface area contributed by atoms with Crippen LogP contribution in [0.25, 0.3) is 33.4 Å². The van der Waals surface area contributed by atoms with Gasteiger partial charge in [0.2, 0.25) is 0 Å². The molecule has 2 aromatic carbocycles. The molecule has 1 aliphatic heterocycles. The number of phenols is 1. The van der Waals surface area contributed by atoms with Gasteiger partial charge in [-0.3, -0.25) is 9.59 Å². The number of nitrogens with one attached hydrogen (secondary N) is 2. The number of aromatic hydroxyl groups is 1. The van der Waals surface area contributed by atoms with Crippen molar-refractivity contribution in [3.05, 3.63) is 75.9 Å². The van der Waals surface area contributed by atoms with Gasteiger partial charge in [0, 0.05) is 34.2 Å². The first kappa shape index (κ1) is 20.1. The zero-order valence-corrected chi connectivity index (χ0v) is 16.4. The van der Waals surface area contributed by atoms with Gasteiger partial charge in [-0.2, -0.15) is 0 Å². The van der Waals surface area contributed by atoms with Crippen molar-refractivity contribution >= 4 is 22.8 Å². The van der Waals surface area contributed by atoms with E-state index in [1.54, 1.807) is 25.2 Å². The minimum Gasteiger partial charge on any atom is -0.508 e. The van der Waals surface area contributed by atoms with Gasteiger partial charge in [0.05, 0.1) is 12.2 Å². The maximum Gasteiger partial charge on any atom is 0.336 e. The average Bonchev–Trinajstić information content (AvgIpc) is 2.75. The molecule has 0 bridgehead atoms. The molecule has 0 saturated heterocycles. The van der Waals surface area contributed by atoms with Crippen LogP contribution in [0.3, 0.4) is 0 Å². The van der Waals surface area contributed by atoms with E-state index in [0.29, 0.717) is 27.7 Å². The Bertz CT molecular complexity index is 1360. The van der Waals surface area contributed by atoms with Crippen LogP contribution in [0.4, 0.5) is 0 Å². The predicted octanol–water partition coefficient (Wildman–Crippen LogP) is 2.88. The minimum atomic E-state index is -1.21. The number of benzene rings is 3. The summed E-state index contributed by atoms with van der Waals surface area (Å²) in [6.45, 7) is 0.236. The summed E-state index contributed by atoms with van der Waals surface area (Å²) >= 11 is 0. The van der Waals surface area contributed by atoms with E-state index < -0.39 is 11.9 Å². The highest BCUT2D eigenvalue weighted by Gasteiger charge is 2.23. The zero-order valence-electron chi connectivity index (χ0n) is 16.4. The van der Waals surface area contributed by atoms with Crippen LogP contribution >= 0.6 is 0 Å². The number of rotatable bonds is 5. The molecule has 1 aliphatic carbocycles. The molecule has 1 heterocycles. The Morgan fingerprint density at radius 1 is 1.00 bits per heavy atom. The summed E-state index contributed by atoms with van der Waals surface area (Å²) in [7, 11) is 1.67. The van der Waals surface area contributed by atoms with Crippen molar-refractivity contribution in [3.8, 4) is 28.2 Å². The maximum absolute atomic E-state index is 12.3. The Morgan fingerprint density at radius 2 is 1.77 bits per heavy atom. The van der Waals surface area contributed by atoms with Gasteiger partial charge in [-0.05, 0) is 49.0 Å². The van der Waals surface area contributed by atoms with Gasteiger partial charge in [-0.15, -0.1) is 0 Å². The number of fused-ring (bicyclic) bond motifs is 2. The van der Waals surface area contributed by atoms with E-state index in [9.17, 15) is 24.6 Å². The van der Waals surface area contributed by atoms with Crippen molar-refractivity contribution in [1.82, 2.24) is 10.6 Å². The molecule has 1 amide bonds. The fraction of sp³-hybridized carbons (Fsp3) is 0.0870. The lowest BCUT2D eigenvalue weighted by molar-refractivity contribution is 0.0697. The van der Waals surface area contributed by atoms with Gasteiger partial charge in [0.15, 0.2) is 5.43 Å². The normalized spacial score (nSPS) is 11.0. The first-order valence-electron chi connectivity index (χ1n) is 9.39. The summed E-state index contributed by atoms with van der Waals surface area (Å²) < 4.78 is 5.80. The predicted molar refractivity (Wildman–Crippen MR) is 115 cm³/mol. The monoisotopic (exact) mass is 418 g/mol. The van der Waals surface area contributed by atoms with E-state index in [0.717, 1.165) is 0 Å². The van der Waals surface area contributed by atoms with Crippen LogP contribution in [-0.4, -0.2) is 35.8 Å². The number of carbonyl (C=O) groups excluding carboxylic acids is 1. The van der Waals surface area contributed by atoms with E-state index in [-0.39, 0.29) is 34.7 Å². The van der Waals surface area contributed by atoms with Crippen LogP contribution in [0, 0.1) is 0 Å². The fourth-order valence-electron chi connectivity index (χ4n) is 3.50. The molecule has 2 aromatic rings. The van der Waals surface area contributed by atoms with E-state index >= 15 is 0 Å². The summed E-state index contributed by atoms with van der Waals surface area (Å²) in [5, 5.41) is 25.7. The van der Waals surface area contributed by atoms with Crippen molar-refractivity contribution in [1.29, 1.82) is 0 Å². The topological polar surface area (TPSA) is 129 Å². The highest BCUT2D eigenvalue weighted by molar-refractivity contribution is 6.09. The van der Waals surface area contributed by atoms with Crippen LogP contribution in [0.2, 0.25) is 0 Å². The number of carboxylic acid groups (broad SMARTS) is 1. The number of hydrogen-bond acceptors (Lipinski definition) is 6. The van der Waals surface area contributed by atoms with Gasteiger partial charge in [0.25, 0.3) is 5.91 Å². The van der Waals surface area contributed by atoms with Gasteiger partial charge in [-0.1, -0.05) is 6.07 Å². The number of aromatic carboxylic acids is 1. The molecular weight excluding hydrogens is 400 g/mol. The van der Waals surface area contributed by atoms with Crippen LogP contribution in [0.5, 0.6) is 5.75 Å². The molecule has 0 radical (unpaired) electrons. The molecule has 8 nitrogen and oxygen atoms in total. The van der Waals surface area contributed by atoms with Crippen LogP contribution in [0.1, 0.15) is 20.7 Å². The van der Waals surface area contributed by atoms with Crippen molar-refractivity contribution in [3.63, 3.8) is 0 Å². The Labute approximate surface area is 176 Å². The molecule has 0 saturated carbocycles. The molecule has 0 atom stereocenters. The summed E-state index contributed by atoms with van der Waals surface area (Å²) in [4.78, 5) is 36.3. The second-order valence-electron chi connectivity index (χ2n) is 6.92. The van der Waals surface area contributed by atoms with E-state index in [4.69, 9.17) is 4.42 Å². The second kappa shape index (κ2) is 7.92. The quantitative estimate of drug-likeness (QED) is 0.290. The van der Waals surface area contributed by atoms with Crippen LogP contribution < -0.4 is 16.1 Å². The third-order valence-electron chi connectivity index (χ3n) is 4.88. The maximum atomic E-state index is 12.3. The number of phenolic OH excluding ortho intramolecular Hbond substituents is 1. The lowest BCUT2D eigenvalue weighted by Crippen LogP contribution is -2.31. The highest BCUT2D eigenvalue weighted by atomic mass is 16.4. The van der Waals surface area contributed by atoms with Gasteiger partial charge in [-0.25, -0.2) is 4.79 Å². The molecule has 4 N–H and O–H groups in total. The first-order chi connectivity index (χ1) is 14.9. The summed E-state index contributed by atoms with van der Waals surface area (Å²) in [5.41, 5.74) is 1.56. The Kier molecular flexibility index (Phi) is 5.14. The smallest absolute Gasteiger partial charge is 0.336 e. The molecule has 156 valence electrons. The van der Waals surface area contributed by atoms with E-state index in [1.165, 1.54) is 36.4 Å². The van der Waals surface area contributed by atoms with E-state index in [2.05, 4.69) is 10.6 Å². The number of hydrogen-bond donors (Lipinski definition) is 4. The largest absolute Gasteiger partial charge is 0.508 e. The molecule has 8 heteroatoms. The molecule has 2 aliphatic rings. The Morgan fingerprint density at radius 3 is 2.52 bits per heavy atom.